The number of hydrogen-bond acceptors (Lipinski definition) is 5. The Morgan fingerprint density at radius 3 is 2.67 bits per heavy atom. The molecular formula is C19H19N7O. The summed E-state index contributed by atoms with van der Waals surface area (Å²) in [4.78, 5) is 28.2. The van der Waals surface area contributed by atoms with Crippen molar-refractivity contribution in [2.75, 3.05) is 0 Å². The summed E-state index contributed by atoms with van der Waals surface area (Å²) in [5.41, 5.74) is 2.62. The first-order chi connectivity index (χ1) is 13.0. The van der Waals surface area contributed by atoms with Gasteiger partial charge in [-0.1, -0.05) is 12.1 Å². The van der Waals surface area contributed by atoms with Crippen LogP contribution in [0.5, 0.6) is 0 Å². The Morgan fingerprint density at radius 2 is 1.93 bits per heavy atom. The van der Waals surface area contributed by atoms with Gasteiger partial charge in [0, 0.05) is 30.6 Å². The minimum Gasteiger partial charge on any atom is -0.331 e. The lowest BCUT2D eigenvalue weighted by Crippen LogP contribution is -2.17. The van der Waals surface area contributed by atoms with E-state index in [0.717, 1.165) is 29.0 Å². The standard InChI is InChI=1S/C19H19N7O/c1-10-20-11(2)26(24-10)17-9-15(22-19(27)23-17)12-8-13(12)18-21-14-6-4-5-7-16(14)25(18)3/h4-7,9,12-13H,8H2,1-3H3,(H,22,23,27). The highest BCUT2D eigenvalue weighted by molar-refractivity contribution is 5.76. The number of hydrogen-bond donors (Lipinski definition) is 1. The smallest absolute Gasteiger partial charge is 0.331 e. The van der Waals surface area contributed by atoms with Crippen LogP contribution in [0.3, 0.4) is 0 Å². The van der Waals surface area contributed by atoms with Gasteiger partial charge in [-0.3, -0.25) is 0 Å². The van der Waals surface area contributed by atoms with E-state index in [-0.39, 0.29) is 17.5 Å². The molecule has 1 aliphatic rings. The maximum atomic E-state index is 12.1. The van der Waals surface area contributed by atoms with E-state index in [1.807, 2.05) is 45.2 Å². The summed E-state index contributed by atoms with van der Waals surface area (Å²) in [6.07, 6.45) is 0.950. The molecule has 8 heteroatoms. The molecule has 1 saturated carbocycles. The molecule has 0 amide bonds. The molecule has 2 atom stereocenters. The number of rotatable bonds is 3. The van der Waals surface area contributed by atoms with Gasteiger partial charge in [-0.05, 0) is 32.4 Å². The number of aryl methyl sites for hydroxylation is 3. The van der Waals surface area contributed by atoms with Crippen LogP contribution in [0, 0.1) is 13.8 Å². The number of aromatic nitrogens is 7. The number of imidazole rings is 1. The zero-order valence-electron chi connectivity index (χ0n) is 15.3. The van der Waals surface area contributed by atoms with Gasteiger partial charge in [0.1, 0.15) is 17.5 Å². The summed E-state index contributed by atoms with van der Waals surface area (Å²) in [5, 5.41) is 4.34. The molecule has 3 aromatic heterocycles. The Bertz CT molecular complexity index is 1230. The van der Waals surface area contributed by atoms with E-state index in [1.54, 1.807) is 4.68 Å². The number of nitrogens with one attached hydrogen (secondary N) is 1. The highest BCUT2D eigenvalue weighted by Crippen LogP contribution is 2.53. The second-order valence-electron chi connectivity index (χ2n) is 7.08. The van der Waals surface area contributed by atoms with Gasteiger partial charge < -0.3 is 9.55 Å². The largest absolute Gasteiger partial charge is 0.347 e. The van der Waals surface area contributed by atoms with Gasteiger partial charge in [-0.15, -0.1) is 5.10 Å². The zero-order chi connectivity index (χ0) is 18.7. The Kier molecular flexibility index (Phi) is 3.30. The van der Waals surface area contributed by atoms with Crippen molar-refractivity contribution < 1.29 is 0 Å². The molecule has 0 bridgehead atoms. The van der Waals surface area contributed by atoms with Crippen molar-refractivity contribution in [2.45, 2.75) is 32.1 Å². The van der Waals surface area contributed by atoms with Gasteiger partial charge >= 0.3 is 5.69 Å². The lowest BCUT2D eigenvalue weighted by atomic mass is 10.2. The Labute approximate surface area is 154 Å². The molecule has 8 nitrogen and oxygen atoms in total. The van der Waals surface area contributed by atoms with Crippen LogP contribution >= 0.6 is 0 Å². The van der Waals surface area contributed by atoms with Gasteiger partial charge in [0.05, 0.1) is 11.0 Å². The van der Waals surface area contributed by atoms with E-state index >= 15 is 0 Å². The fourth-order valence-corrected chi connectivity index (χ4v) is 3.83. The molecule has 2 unspecified atom stereocenters. The number of H-pyrrole nitrogens is 1. The highest BCUT2D eigenvalue weighted by Gasteiger charge is 2.43. The molecule has 0 aliphatic heterocycles. The van der Waals surface area contributed by atoms with Crippen LogP contribution in [0.2, 0.25) is 0 Å². The maximum Gasteiger partial charge on any atom is 0.347 e. The molecule has 1 aliphatic carbocycles. The van der Waals surface area contributed by atoms with Crippen LogP contribution in [0.1, 0.15) is 41.4 Å². The monoisotopic (exact) mass is 361 g/mol. The molecule has 0 saturated heterocycles. The van der Waals surface area contributed by atoms with Crippen LogP contribution in [-0.4, -0.2) is 34.3 Å². The fourth-order valence-electron chi connectivity index (χ4n) is 3.83. The Morgan fingerprint density at radius 1 is 1.11 bits per heavy atom. The topological polar surface area (TPSA) is 94.3 Å². The first-order valence-corrected chi connectivity index (χ1v) is 8.94. The lowest BCUT2D eigenvalue weighted by molar-refractivity contribution is 0.768. The minimum atomic E-state index is -0.370. The molecule has 0 radical (unpaired) electrons. The summed E-state index contributed by atoms with van der Waals surface area (Å²) in [7, 11) is 2.04. The molecule has 1 N–H and O–H groups in total. The molecule has 5 rings (SSSR count). The van der Waals surface area contributed by atoms with Gasteiger partial charge in [-0.25, -0.2) is 14.8 Å². The van der Waals surface area contributed by atoms with Crippen LogP contribution in [0.15, 0.2) is 35.1 Å². The minimum absolute atomic E-state index is 0.222. The molecule has 0 spiro atoms. The fraction of sp³-hybridized carbons (Fsp3) is 0.316. The third-order valence-electron chi connectivity index (χ3n) is 5.19. The lowest BCUT2D eigenvalue weighted by Gasteiger charge is -2.05. The summed E-state index contributed by atoms with van der Waals surface area (Å²) >= 11 is 0. The first-order valence-electron chi connectivity index (χ1n) is 8.94. The number of aromatic amines is 1. The molecule has 3 heterocycles. The van der Waals surface area contributed by atoms with Crippen LogP contribution in [0.4, 0.5) is 0 Å². The molecular weight excluding hydrogens is 342 g/mol. The number of para-hydroxylation sites is 2. The van der Waals surface area contributed by atoms with Gasteiger partial charge in [-0.2, -0.15) is 9.67 Å². The summed E-state index contributed by atoms with van der Waals surface area (Å²) in [5.74, 6) is 3.42. The van der Waals surface area contributed by atoms with E-state index in [4.69, 9.17) is 4.98 Å². The molecule has 1 aromatic carbocycles. The first kappa shape index (κ1) is 15.9. The second kappa shape index (κ2) is 5.60. The Balaban J connectivity index is 1.52. The zero-order valence-corrected chi connectivity index (χ0v) is 15.3. The second-order valence-corrected chi connectivity index (χ2v) is 7.08. The molecule has 4 aromatic rings. The maximum absolute atomic E-state index is 12.1. The third-order valence-corrected chi connectivity index (χ3v) is 5.19. The van der Waals surface area contributed by atoms with Gasteiger partial charge in [0.2, 0.25) is 0 Å². The van der Waals surface area contributed by atoms with E-state index in [0.29, 0.717) is 17.5 Å². The molecule has 27 heavy (non-hydrogen) atoms. The average molecular weight is 361 g/mol. The molecule has 136 valence electrons. The number of fused-ring (bicyclic) bond motifs is 1. The van der Waals surface area contributed by atoms with Gasteiger partial charge in [0.25, 0.3) is 0 Å². The summed E-state index contributed by atoms with van der Waals surface area (Å²) in [6.45, 7) is 3.67. The van der Waals surface area contributed by atoms with Crippen molar-refractivity contribution in [3.63, 3.8) is 0 Å². The predicted octanol–water partition coefficient (Wildman–Crippen LogP) is 2.13. The normalized spacial score (nSPS) is 18.9. The molecule has 1 fully saturated rings. The van der Waals surface area contributed by atoms with E-state index < -0.39 is 0 Å². The highest BCUT2D eigenvalue weighted by atomic mass is 16.1. The average Bonchev–Trinajstić information content (AvgIpc) is 3.27. The van der Waals surface area contributed by atoms with Crippen LogP contribution < -0.4 is 5.69 Å². The third kappa shape index (κ3) is 2.56. The SMILES string of the molecule is Cc1nc(C)n(-c2cc(C3CC3c3nc4ccccc4n3C)[nH]c(=O)n2)n1. The van der Waals surface area contributed by atoms with E-state index in [1.165, 1.54) is 0 Å². The van der Waals surface area contributed by atoms with E-state index in [2.05, 4.69) is 30.7 Å². The quantitative estimate of drug-likeness (QED) is 0.603. The Hall–Kier alpha value is -3.29. The van der Waals surface area contributed by atoms with Crippen LogP contribution in [-0.2, 0) is 7.05 Å². The van der Waals surface area contributed by atoms with Gasteiger partial charge in [0.15, 0.2) is 5.82 Å². The number of nitrogens with zero attached hydrogens (tertiary/aromatic N) is 6. The van der Waals surface area contributed by atoms with Crippen molar-refractivity contribution in [3.8, 4) is 5.82 Å². The van der Waals surface area contributed by atoms with E-state index in [9.17, 15) is 4.79 Å². The summed E-state index contributed by atoms with van der Waals surface area (Å²) < 4.78 is 3.76. The number of benzene rings is 1. The summed E-state index contributed by atoms with van der Waals surface area (Å²) in [6, 6.07) is 10.0. The van der Waals surface area contributed by atoms with Crippen molar-refractivity contribution in [3.05, 3.63) is 64.0 Å². The van der Waals surface area contributed by atoms with Crippen molar-refractivity contribution >= 4 is 11.0 Å². The van der Waals surface area contributed by atoms with Crippen molar-refractivity contribution in [2.24, 2.45) is 7.05 Å². The van der Waals surface area contributed by atoms with Crippen molar-refractivity contribution in [1.82, 2.24) is 34.3 Å². The van der Waals surface area contributed by atoms with Crippen molar-refractivity contribution in [1.29, 1.82) is 0 Å². The van der Waals surface area contributed by atoms with Crippen LogP contribution in [0.25, 0.3) is 16.9 Å². The predicted molar refractivity (Wildman–Crippen MR) is 100 cm³/mol.